The number of nitrogens with zero attached hydrogens (tertiary/aromatic N) is 9. The Morgan fingerprint density at radius 1 is 0.626 bits per heavy atom. The van der Waals surface area contributed by atoms with Gasteiger partial charge < -0.3 is 64.8 Å². The Balaban J connectivity index is 1.20. The van der Waals surface area contributed by atoms with E-state index in [1.165, 1.54) is 80.9 Å². The topological polar surface area (TPSA) is 279 Å². The fourth-order valence-electron chi connectivity index (χ4n) is 17.8. The molecule has 2 bridgehead atoms. The zero-order valence-electron chi connectivity index (χ0n) is 64.6. The third kappa shape index (κ3) is 20.7. The number of hydrogen-bond donors (Lipinski definition) is 3. The predicted octanol–water partition coefficient (Wildman–Crippen LogP) is 6.04. The molecule has 3 heterocycles. The first-order valence-corrected chi connectivity index (χ1v) is 39.1. The molecule has 8 rings (SSSR count). The van der Waals surface area contributed by atoms with Gasteiger partial charge >= 0.3 is 6.18 Å². The number of ether oxygens (including phenoxy) is 1. The number of halogens is 6. The summed E-state index contributed by atoms with van der Waals surface area (Å²) in [5.74, 6) is -13.9. The van der Waals surface area contributed by atoms with Gasteiger partial charge in [0.05, 0.1) is 25.6 Å². The number of carbonyl (C=O) groups is 12. The van der Waals surface area contributed by atoms with Crippen molar-refractivity contribution < 1.29 is 88.6 Å². The number of carbonyl (C=O) groups excluding carboxylic acids is 12. The summed E-state index contributed by atoms with van der Waals surface area (Å²) < 4.78 is 93.7. The minimum absolute atomic E-state index is 0.00480. The van der Waals surface area contributed by atoms with Gasteiger partial charge in [-0.3, -0.25) is 57.5 Å². The molecule has 2 saturated heterocycles. The highest BCUT2D eigenvalue weighted by molar-refractivity contribution is 6.01. The molecule has 25 nitrogen and oxygen atoms in total. The second-order valence-electron chi connectivity index (χ2n) is 32.3. The number of alkyl halides is 6. The summed E-state index contributed by atoms with van der Waals surface area (Å²) in [6, 6.07) is -10.8. The van der Waals surface area contributed by atoms with Gasteiger partial charge in [0.2, 0.25) is 70.9 Å². The van der Waals surface area contributed by atoms with E-state index in [4.69, 9.17) is 4.74 Å². The van der Waals surface area contributed by atoms with E-state index in [0.717, 1.165) is 45.3 Å². The number of nitrogens with one attached hydrogen (secondary N) is 3. The normalized spacial score (nSPS) is 32.9. The lowest BCUT2D eigenvalue weighted by molar-refractivity contribution is -0.219. The van der Waals surface area contributed by atoms with E-state index in [0.29, 0.717) is 51.4 Å². The van der Waals surface area contributed by atoms with Crippen LogP contribution >= 0.6 is 0 Å². The summed E-state index contributed by atoms with van der Waals surface area (Å²) >= 11 is 0. The highest BCUT2D eigenvalue weighted by Gasteiger charge is 2.56. The fourth-order valence-corrected chi connectivity index (χ4v) is 17.8. The third-order valence-electron chi connectivity index (χ3n) is 24.7. The highest BCUT2D eigenvalue weighted by Crippen LogP contribution is 2.45. The summed E-state index contributed by atoms with van der Waals surface area (Å²) in [6.07, 6.45) is -3.54. The zero-order valence-corrected chi connectivity index (χ0v) is 64.6. The van der Waals surface area contributed by atoms with Crippen LogP contribution in [0.3, 0.4) is 0 Å². The predicted molar refractivity (Wildman–Crippen MR) is 384 cm³/mol. The molecule has 3 aliphatic heterocycles. The smallest absolute Gasteiger partial charge is 0.377 e. The molecule has 8 aliphatic rings. The summed E-state index contributed by atoms with van der Waals surface area (Å²) in [5, 5.41) is 8.59. The number of hydrogen-bond acceptors (Lipinski definition) is 13. The van der Waals surface area contributed by atoms with E-state index in [1.54, 1.807) is 26.0 Å². The zero-order chi connectivity index (χ0) is 78.7. The molecule has 602 valence electrons. The molecule has 12 amide bonds. The fraction of sp³-hybridized carbons (Fsp3) is 0.816. The van der Waals surface area contributed by atoms with Gasteiger partial charge in [-0.1, -0.05) is 70.9 Å². The minimum atomic E-state index is -5.19. The van der Waals surface area contributed by atoms with Gasteiger partial charge in [-0.25, -0.2) is 13.2 Å². The van der Waals surface area contributed by atoms with E-state index in [1.807, 2.05) is 6.92 Å². The van der Waals surface area contributed by atoms with Gasteiger partial charge in [-0.2, -0.15) is 13.2 Å². The van der Waals surface area contributed by atoms with Gasteiger partial charge in [0.1, 0.15) is 78.3 Å². The average molecular weight is 1520 g/mol. The van der Waals surface area contributed by atoms with Crippen LogP contribution in [0.1, 0.15) is 188 Å². The largest absolute Gasteiger partial charge is 0.397 e. The quantitative estimate of drug-likeness (QED) is 0.140. The summed E-state index contributed by atoms with van der Waals surface area (Å²) in [6.45, 7) is 3.72. The van der Waals surface area contributed by atoms with Gasteiger partial charge in [0.25, 0.3) is 0 Å². The van der Waals surface area contributed by atoms with Crippen LogP contribution in [0, 0.1) is 35.5 Å². The summed E-state index contributed by atoms with van der Waals surface area (Å²) in [7, 11) is 11.3. The van der Waals surface area contributed by atoms with Crippen molar-refractivity contribution in [2.45, 2.75) is 272 Å². The van der Waals surface area contributed by atoms with Crippen molar-refractivity contribution in [2.24, 2.45) is 35.5 Å². The standard InChI is InChI=1S/C76H118F6N12O13/c1-12-45(3)64-72(104)88(7)44-62(97)89(8)55-26-15-14-20-35-93(71(55)103)59(39-47-27-30-50(77)31-28-47)70(102)87(6)43-60(95)83-54(32-29-48-36-52(78)63(53(79)37-48)76(80,81)82)68(100)94-42-51(107-13-2)40-57(94)67(99)85-75(33-21-34-75)74(106)92(11)65(49-24-18-19-25-49)73(105)91(10)58(69(101)86(4)5)41-61(96)90(9)56(66(98)84-64)38-46-22-16-17-23-46/h14-15,45-59,63-65H,12-13,16-44H2,1-11H3,(H,83,95)(H,84,98)(H,85,99)/b15-14-/t45-,47?,48?,50?,51+,52?,53?,54-,55-,56-,57-,58-,59-,63?,64-,65-/m0/s1. The van der Waals surface area contributed by atoms with Crippen LogP contribution in [0.25, 0.3) is 0 Å². The van der Waals surface area contributed by atoms with Crippen molar-refractivity contribution in [1.82, 2.24) is 60.0 Å². The molecule has 5 saturated carbocycles. The molecule has 107 heavy (non-hydrogen) atoms. The highest BCUT2D eigenvalue weighted by atomic mass is 19.4. The Kier molecular flexibility index (Phi) is 30.0. The first kappa shape index (κ1) is 85.5. The Bertz CT molecular complexity index is 3190. The van der Waals surface area contributed by atoms with E-state index in [9.17, 15) is 36.7 Å². The van der Waals surface area contributed by atoms with Gasteiger partial charge in [0, 0.05) is 82.5 Å². The molecular weight excluding hydrogens is 1400 g/mol. The van der Waals surface area contributed by atoms with Crippen molar-refractivity contribution in [1.29, 1.82) is 0 Å². The monoisotopic (exact) mass is 1520 g/mol. The Hall–Kier alpha value is -7.08. The maximum Gasteiger partial charge on any atom is 0.397 e. The Labute approximate surface area is 626 Å². The maximum absolute atomic E-state index is 15.6. The van der Waals surface area contributed by atoms with Crippen molar-refractivity contribution >= 4 is 70.9 Å². The third-order valence-corrected chi connectivity index (χ3v) is 24.7. The van der Waals surface area contributed by atoms with Crippen LogP contribution in [-0.2, 0) is 62.3 Å². The number of rotatable bonds is 13. The molecule has 3 N–H and O–H groups in total. The maximum atomic E-state index is 15.6. The summed E-state index contributed by atoms with van der Waals surface area (Å²) in [5.41, 5.74) is -1.66. The SMILES string of the molecule is CCO[C@@H]1C[C@H]2C(=O)NC3(CCC3)C(=O)N(C)[C@@H](C3CCCC3)C(=O)N(C)[C@H](C(=O)N(C)C)CC(=O)N(C)[C@@H](CC3CCCC3)C(=O)N[C@@H]([C@@H](C)CC)C(=O)N(C)CC(=O)N(C)[C@H]3C/C=C\CCN(C3=O)[C@@H](CC3CCC(F)CC3)C(=O)N(C)CC(=O)N[C@@H](CCC3CC(F)C(C(F)(F)F)C(F)C3)C(=O)N2C1. The van der Waals surface area contributed by atoms with Crippen molar-refractivity contribution in [3.05, 3.63) is 12.2 Å². The van der Waals surface area contributed by atoms with Crippen LogP contribution in [0.2, 0.25) is 0 Å². The number of fused-ring (bicyclic) bond motifs is 3. The lowest BCUT2D eigenvalue weighted by Gasteiger charge is -2.46. The van der Waals surface area contributed by atoms with Crippen LogP contribution < -0.4 is 16.0 Å². The first-order valence-electron chi connectivity index (χ1n) is 39.1. The van der Waals surface area contributed by atoms with Crippen LogP contribution in [0.5, 0.6) is 0 Å². The molecule has 5 aliphatic carbocycles. The second-order valence-corrected chi connectivity index (χ2v) is 32.3. The lowest BCUT2D eigenvalue weighted by Crippen LogP contribution is -2.68. The van der Waals surface area contributed by atoms with E-state index in [2.05, 4.69) is 16.0 Å². The molecule has 1 spiro atoms. The molecule has 7 fully saturated rings. The van der Waals surface area contributed by atoms with Crippen LogP contribution in [0.15, 0.2) is 12.2 Å². The Morgan fingerprint density at radius 2 is 1.23 bits per heavy atom. The molecule has 0 radical (unpaired) electrons. The van der Waals surface area contributed by atoms with E-state index in [-0.39, 0.29) is 95.7 Å². The molecule has 0 aromatic heterocycles. The van der Waals surface area contributed by atoms with Crippen molar-refractivity contribution in [3.8, 4) is 0 Å². The van der Waals surface area contributed by atoms with Crippen LogP contribution in [-0.4, -0.2) is 289 Å². The van der Waals surface area contributed by atoms with E-state index < -0.39 is 218 Å². The molecule has 0 aromatic rings. The molecular formula is C76H118F6N12O13. The number of amides is 12. The minimum Gasteiger partial charge on any atom is -0.377 e. The second kappa shape index (κ2) is 37.6. The lowest BCUT2D eigenvalue weighted by atomic mass is 9.74. The van der Waals surface area contributed by atoms with Gasteiger partial charge in [-0.15, -0.1) is 0 Å². The molecule has 2 unspecified atom stereocenters. The van der Waals surface area contributed by atoms with Gasteiger partial charge in [0.15, 0.2) is 0 Å². The molecule has 31 heteroatoms. The van der Waals surface area contributed by atoms with Crippen LogP contribution in [0.4, 0.5) is 26.3 Å². The molecule has 0 aromatic carbocycles. The Morgan fingerprint density at radius 3 is 1.82 bits per heavy atom. The first-order chi connectivity index (χ1) is 50.5. The average Bonchev–Trinajstić information content (AvgIpc) is 1.48. The van der Waals surface area contributed by atoms with Gasteiger partial charge in [-0.05, 0) is 146 Å². The number of likely N-dealkylation sites (N-methyl/N-ethyl adjacent to an activating group) is 7. The van der Waals surface area contributed by atoms with Crippen molar-refractivity contribution in [2.75, 3.05) is 89.2 Å². The van der Waals surface area contributed by atoms with E-state index >= 15 is 47.1 Å². The molecule has 12 atom stereocenters. The van der Waals surface area contributed by atoms with Crippen molar-refractivity contribution in [3.63, 3.8) is 0 Å². The summed E-state index contributed by atoms with van der Waals surface area (Å²) in [4.78, 5) is 193.